The third-order valence-corrected chi connectivity index (χ3v) is 11.8. The van der Waals surface area contributed by atoms with Crippen LogP contribution in [-0.4, -0.2) is 41.0 Å². The van der Waals surface area contributed by atoms with Crippen LogP contribution in [-0.2, 0) is 4.79 Å². The molecule has 1 N–H and O–H groups in total. The lowest BCUT2D eigenvalue weighted by atomic mass is 9.51. The summed E-state index contributed by atoms with van der Waals surface area (Å²) in [7, 11) is 0. The third-order valence-electron chi connectivity index (χ3n) is 11.8. The van der Waals surface area contributed by atoms with Crippen molar-refractivity contribution in [1.82, 2.24) is 4.90 Å². The minimum Gasteiger partial charge on any atom is -0.393 e. The van der Waals surface area contributed by atoms with Gasteiger partial charge in [0, 0.05) is 31.5 Å². The highest BCUT2D eigenvalue weighted by atomic mass is 16.3. The highest BCUT2D eigenvalue weighted by Crippen LogP contribution is 2.66. The van der Waals surface area contributed by atoms with Crippen LogP contribution in [0.2, 0.25) is 0 Å². The second-order valence-electron chi connectivity index (χ2n) is 13.0. The van der Waals surface area contributed by atoms with Crippen molar-refractivity contribution in [2.45, 2.75) is 90.7 Å². The van der Waals surface area contributed by atoms with Crippen molar-refractivity contribution in [1.29, 1.82) is 0 Å². The Labute approximate surface area is 183 Å². The molecule has 3 nitrogen and oxygen atoms in total. The molecule has 0 aromatic rings. The van der Waals surface area contributed by atoms with Gasteiger partial charge in [0.2, 0.25) is 0 Å². The summed E-state index contributed by atoms with van der Waals surface area (Å²) in [5.41, 5.74) is 0.161. The van der Waals surface area contributed by atoms with Crippen molar-refractivity contribution in [2.24, 2.45) is 58.7 Å². The Morgan fingerprint density at radius 1 is 0.900 bits per heavy atom. The molecule has 30 heavy (non-hydrogen) atoms. The van der Waals surface area contributed by atoms with Crippen molar-refractivity contribution in [3.05, 3.63) is 0 Å². The average molecular weight is 414 g/mol. The number of carbonyl (C=O) groups excluding carboxylic acids is 1. The number of hydrogen-bond acceptors (Lipinski definition) is 3. The summed E-state index contributed by atoms with van der Waals surface area (Å²) in [5, 5.41) is 10.3. The molecule has 0 unspecified atom stereocenters. The Hall–Kier alpha value is -0.410. The van der Waals surface area contributed by atoms with E-state index in [9.17, 15) is 9.90 Å². The molecule has 6 fully saturated rings. The Morgan fingerprint density at radius 3 is 2.53 bits per heavy atom. The topological polar surface area (TPSA) is 40.5 Å². The Balaban J connectivity index is 1.28. The summed E-state index contributed by atoms with van der Waals surface area (Å²) in [6.45, 7) is 10.1. The van der Waals surface area contributed by atoms with Crippen molar-refractivity contribution in [3.63, 3.8) is 0 Å². The first-order chi connectivity index (χ1) is 14.4. The first kappa shape index (κ1) is 20.2. The SMILES string of the molecule is C[C@H]1CC[C@H]2[C@H](C)[C@@H]3CC[C@@H]4[C@@H](C[C@H]5[C@H]4CC(=O)[C@H]4C[C@@H](O)CC[C@@]45C)[C@@H]3CN2C1. The monoisotopic (exact) mass is 413 g/mol. The number of fused-ring (bicyclic) bond motifs is 8. The molecule has 12 atom stereocenters. The summed E-state index contributed by atoms with van der Waals surface area (Å²) in [5.74, 6) is 7.19. The van der Waals surface area contributed by atoms with Crippen LogP contribution in [0.25, 0.3) is 0 Å². The fourth-order valence-corrected chi connectivity index (χ4v) is 10.3. The van der Waals surface area contributed by atoms with Gasteiger partial charge in [0.1, 0.15) is 5.78 Å². The van der Waals surface area contributed by atoms with E-state index < -0.39 is 0 Å². The number of ketones is 1. The van der Waals surface area contributed by atoms with Gasteiger partial charge < -0.3 is 5.11 Å². The zero-order valence-corrected chi connectivity index (χ0v) is 19.4. The fourth-order valence-electron chi connectivity index (χ4n) is 10.3. The van der Waals surface area contributed by atoms with E-state index in [-0.39, 0.29) is 17.4 Å². The predicted molar refractivity (Wildman–Crippen MR) is 119 cm³/mol. The number of aliphatic hydroxyl groups is 1. The van der Waals surface area contributed by atoms with Gasteiger partial charge in [-0.15, -0.1) is 0 Å². The van der Waals surface area contributed by atoms with Crippen LogP contribution in [0, 0.1) is 58.7 Å². The maximum Gasteiger partial charge on any atom is 0.136 e. The Kier molecular flexibility index (Phi) is 4.75. The van der Waals surface area contributed by atoms with Crippen LogP contribution in [0.5, 0.6) is 0 Å². The van der Waals surface area contributed by atoms with Gasteiger partial charge in [-0.05, 0) is 104 Å². The molecule has 168 valence electrons. The molecular formula is C27H43NO2. The van der Waals surface area contributed by atoms with Crippen LogP contribution in [0.3, 0.4) is 0 Å². The number of aliphatic hydroxyl groups excluding tert-OH is 1. The highest BCUT2D eigenvalue weighted by Gasteiger charge is 2.62. The van der Waals surface area contributed by atoms with Crippen LogP contribution in [0.4, 0.5) is 0 Å². The van der Waals surface area contributed by atoms with Gasteiger partial charge in [-0.1, -0.05) is 20.8 Å². The third kappa shape index (κ3) is 2.79. The molecule has 2 aliphatic heterocycles. The minimum absolute atomic E-state index is 0.135. The summed E-state index contributed by atoms with van der Waals surface area (Å²) >= 11 is 0. The first-order valence-electron chi connectivity index (χ1n) is 13.3. The number of piperidine rings is 2. The zero-order chi connectivity index (χ0) is 20.8. The molecule has 6 rings (SSSR count). The van der Waals surface area contributed by atoms with Gasteiger partial charge in [0.15, 0.2) is 0 Å². The summed E-state index contributed by atoms with van der Waals surface area (Å²) in [6.07, 6.45) is 10.3. The van der Waals surface area contributed by atoms with E-state index in [1.807, 2.05) is 0 Å². The Bertz CT molecular complexity index is 705. The van der Waals surface area contributed by atoms with Crippen LogP contribution < -0.4 is 0 Å². The van der Waals surface area contributed by atoms with Gasteiger partial charge in [0.25, 0.3) is 0 Å². The second kappa shape index (κ2) is 7.04. The summed E-state index contributed by atoms with van der Waals surface area (Å²) in [6, 6.07) is 0.839. The molecule has 0 radical (unpaired) electrons. The molecule has 4 saturated carbocycles. The fraction of sp³-hybridized carbons (Fsp3) is 0.963. The quantitative estimate of drug-likeness (QED) is 0.622. The normalized spacial score (nSPS) is 58.3. The van der Waals surface area contributed by atoms with E-state index in [4.69, 9.17) is 0 Å². The number of hydrogen-bond donors (Lipinski definition) is 1. The maximum atomic E-state index is 13.2. The molecule has 0 spiro atoms. The zero-order valence-electron chi connectivity index (χ0n) is 19.4. The van der Waals surface area contributed by atoms with E-state index in [1.54, 1.807) is 0 Å². The van der Waals surface area contributed by atoms with Gasteiger partial charge in [-0.25, -0.2) is 0 Å². The van der Waals surface area contributed by atoms with E-state index in [0.29, 0.717) is 11.7 Å². The van der Waals surface area contributed by atoms with Crippen LogP contribution >= 0.6 is 0 Å². The second-order valence-corrected chi connectivity index (χ2v) is 13.0. The molecule has 6 aliphatic rings. The van der Waals surface area contributed by atoms with E-state index in [0.717, 1.165) is 73.2 Å². The molecule has 2 saturated heterocycles. The van der Waals surface area contributed by atoms with E-state index in [1.165, 1.54) is 45.2 Å². The molecule has 2 heterocycles. The summed E-state index contributed by atoms with van der Waals surface area (Å²) < 4.78 is 0. The minimum atomic E-state index is -0.242. The lowest BCUT2D eigenvalue weighted by Crippen LogP contribution is -2.58. The van der Waals surface area contributed by atoms with Crippen LogP contribution in [0.1, 0.15) is 78.6 Å². The lowest BCUT2D eigenvalue weighted by Gasteiger charge is -2.56. The largest absolute Gasteiger partial charge is 0.393 e. The Morgan fingerprint density at radius 2 is 1.70 bits per heavy atom. The number of carbonyl (C=O) groups is 1. The van der Waals surface area contributed by atoms with Crippen molar-refractivity contribution >= 4 is 5.78 Å². The van der Waals surface area contributed by atoms with Gasteiger partial charge in [-0.2, -0.15) is 0 Å². The highest BCUT2D eigenvalue weighted by molar-refractivity contribution is 5.83. The predicted octanol–water partition coefficient (Wildman–Crippen LogP) is 4.77. The summed E-state index contributed by atoms with van der Waals surface area (Å²) in [4.78, 5) is 16.1. The van der Waals surface area contributed by atoms with Gasteiger partial charge in [-0.3, -0.25) is 9.69 Å². The average Bonchev–Trinajstić information content (AvgIpc) is 3.09. The standard InChI is InChI=1S/C27H43NO2/c1-15-4-7-25-16(2)18-5-6-19-20(22(18)14-28(25)13-15)11-23-21(19)12-26(30)24-10-17(29)8-9-27(23,24)3/h15-25,29H,4-14H2,1-3H3/t15-,16+,17-,18-,19+,20+,21-,22+,23-,24+,25-,27+/m0/s1. The molecule has 3 heteroatoms. The lowest BCUT2D eigenvalue weighted by molar-refractivity contribution is -0.145. The van der Waals surface area contributed by atoms with Crippen molar-refractivity contribution < 1.29 is 9.90 Å². The van der Waals surface area contributed by atoms with Crippen molar-refractivity contribution in [2.75, 3.05) is 13.1 Å². The van der Waals surface area contributed by atoms with Gasteiger partial charge >= 0.3 is 0 Å². The van der Waals surface area contributed by atoms with E-state index >= 15 is 0 Å². The first-order valence-corrected chi connectivity index (χ1v) is 13.3. The molecule has 4 aliphatic carbocycles. The molecule has 0 aromatic heterocycles. The van der Waals surface area contributed by atoms with Crippen molar-refractivity contribution in [3.8, 4) is 0 Å². The van der Waals surface area contributed by atoms with Crippen LogP contribution in [0.15, 0.2) is 0 Å². The van der Waals surface area contributed by atoms with Gasteiger partial charge in [0.05, 0.1) is 6.10 Å². The number of Topliss-reactive ketones (excluding diaryl/α,β-unsaturated/α-hetero) is 1. The molecular weight excluding hydrogens is 370 g/mol. The number of rotatable bonds is 0. The van der Waals surface area contributed by atoms with E-state index in [2.05, 4.69) is 25.7 Å². The molecule has 0 aromatic carbocycles. The number of nitrogens with zero attached hydrogens (tertiary/aromatic N) is 1. The smallest absolute Gasteiger partial charge is 0.136 e. The maximum absolute atomic E-state index is 13.2. The molecule has 0 amide bonds. The molecule has 0 bridgehead atoms.